The predicted octanol–water partition coefficient (Wildman–Crippen LogP) is 3.80. The van der Waals surface area contributed by atoms with E-state index in [1.54, 1.807) is 10.7 Å². The molecule has 1 N–H and O–H groups in total. The average Bonchev–Trinajstić information content (AvgIpc) is 2.62. The monoisotopic (exact) mass is 311 g/mol. The molecular weight excluding hydrogens is 297 g/mol. The Kier molecular flexibility index (Phi) is 3.71. The second kappa shape index (κ2) is 5.10. The SMILES string of the molecule is Cc1nn(C)cc1C(C)Nc1ccc(Br)cc1F. The lowest BCUT2D eigenvalue weighted by atomic mass is 10.1. The molecule has 0 aliphatic heterocycles. The lowest BCUT2D eigenvalue weighted by Crippen LogP contribution is -2.08. The molecule has 1 heterocycles. The van der Waals surface area contributed by atoms with Crippen LogP contribution < -0.4 is 5.32 Å². The number of nitrogens with zero attached hydrogens (tertiary/aromatic N) is 2. The fourth-order valence-corrected chi connectivity index (χ4v) is 2.29. The van der Waals surface area contributed by atoms with Gasteiger partial charge >= 0.3 is 0 Å². The molecule has 0 bridgehead atoms. The number of nitrogens with one attached hydrogen (secondary N) is 1. The highest BCUT2D eigenvalue weighted by Gasteiger charge is 2.13. The summed E-state index contributed by atoms with van der Waals surface area (Å²) in [4.78, 5) is 0. The molecule has 1 aromatic heterocycles. The largest absolute Gasteiger partial charge is 0.376 e. The van der Waals surface area contributed by atoms with Crippen LogP contribution >= 0.6 is 15.9 Å². The minimum atomic E-state index is -0.266. The average molecular weight is 312 g/mol. The molecule has 0 fully saturated rings. The van der Waals surface area contributed by atoms with Gasteiger partial charge in [-0.05, 0) is 32.0 Å². The molecule has 2 aromatic rings. The van der Waals surface area contributed by atoms with Crippen LogP contribution in [0.15, 0.2) is 28.9 Å². The summed E-state index contributed by atoms with van der Waals surface area (Å²) in [7, 11) is 1.88. The molecule has 0 spiro atoms. The van der Waals surface area contributed by atoms with Crippen LogP contribution in [-0.4, -0.2) is 9.78 Å². The van der Waals surface area contributed by atoms with Crippen molar-refractivity contribution in [3.63, 3.8) is 0 Å². The molecule has 5 heteroatoms. The van der Waals surface area contributed by atoms with Crippen molar-refractivity contribution in [1.82, 2.24) is 9.78 Å². The second-order valence-corrected chi connectivity index (χ2v) is 5.25. The molecule has 0 radical (unpaired) electrons. The molecule has 1 atom stereocenters. The number of aromatic nitrogens is 2. The number of aryl methyl sites for hydroxylation is 2. The first-order chi connectivity index (χ1) is 8.47. The van der Waals surface area contributed by atoms with Gasteiger partial charge in [-0.2, -0.15) is 5.10 Å². The van der Waals surface area contributed by atoms with Crippen LogP contribution in [0.3, 0.4) is 0 Å². The van der Waals surface area contributed by atoms with Crippen LogP contribution in [0.1, 0.15) is 24.2 Å². The Bertz CT molecular complexity index is 565. The van der Waals surface area contributed by atoms with Gasteiger partial charge in [0, 0.05) is 23.3 Å². The number of hydrogen-bond acceptors (Lipinski definition) is 2. The molecule has 0 saturated heterocycles. The Balaban J connectivity index is 2.21. The van der Waals surface area contributed by atoms with Crippen LogP contribution in [0.25, 0.3) is 0 Å². The van der Waals surface area contributed by atoms with Crippen LogP contribution in [0.5, 0.6) is 0 Å². The van der Waals surface area contributed by atoms with Gasteiger partial charge in [0.1, 0.15) is 5.82 Å². The third-order valence-electron chi connectivity index (χ3n) is 2.82. The third-order valence-corrected chi connectivity index (χ3v) is 3.31. The third kappa shape index (κ3) is 2.72. The summed E-state index contributed by atoms with van der Waals surface area (Å²) in [6.07, 6.45) is 1.95. The highest BCUT2D eigenvalue weighted by molar-refractivity contribution is 9.10. The lowest BCUT2D eigenvalue weighted by molar-refractivity contribution is 0.626. The van der Waals surface area contributed by atoms with Crippen molar-refractivity contribution in [3.8, 4) is 0 Å². The molecule has 18 heavy (non-hydrogen) atoms. The van der Waals surface area contributed by atoms with Gasteiger partial charge < -0.3 is 5.32 Å². The van der Waals surface area contributed by atoms with E-state index in [1.165, 1.54) is 6.07 Å². The molecule has 1 aromatic carbocycles. The molecule has 0 saturated carbocycles. The summed E-state index contributed by atoms with van der Waals surface area (Å²) in [6, 6.07) is 5.00. The maximum Gasteiger partial charge on any atom is 0.147 e. The highest BCUT2D eigenvalue weighted by Crippen LogP contribution is 2.25. The minimum absolute atomic E-state index is 0.00868. The number of halogens is 2. The van der Waals surface area contributed by atoms with E-state index in [1.807, 2.05) is 33.2 Å². The molecule has 3 nitrogen and oxygen atoms in total. The van der Waals surface area contributed by atoms with Crippen molar-refractivity contribution in [3.05, 3.63) is 45.9 Å². The molecular formula is C13H15BrFN3. The number of anilines is 1. The zero-order chi connectivity index (χ0) is 13.3. The van der Waals surface area contributed by atoms with E-state index < -0.39 is 0 Å². The Labute approximate surface area is 114 Å². The van der Waals surface area contributed by atoms with Crippen molar-refractivity contribution in [2.75, 3.05) is 5.32 Å². The lowest BCUT2D eigenvalue weighted by Gasteiger charge is -2.15. The van der Waals surface area contributed by atoms with Crippen LogP contribution in [0.4, 0.5) is 10.1 Å². The Hall–Kier alpha value is -1.36. The van der Waals surface area contributed by atoms with Crippen LogP contribution in [-0.2, 0) is 7.05 Å². The molecule has 2 rings (SSSR count). The summed E-state index contributed by atoms with van der Waals surface area (Å²) in [6.45, 7) is 3.94. The first kappa shape index (κ1) is 13.1. The van der Waals surface area contributed by atoms with Crippen molar-refractivity contribution >= 4 is 21.6 Å². The van der Waals surface area contributed by atoms with E-state index in [2.05, 4.69) is 26.3 Å². The first-order valence-corrected chi connectivity index (χ1v) is 6.48. The quantitative estimate of drug-likeness (QED) is 0.934. The molecule has 0 amide bonds. The fraction of sp³-hybridized carbons (Fsp3) is 0.308. The molecule has 0 aliphatic rings. The first-order valence-electron chi connectivity index (χ1n) is 5.69. The van der Waals surface area contributed by atoms with Crippen molar-refractivity contribution in [1.29, 1.82) is 0 Å². The maximum absolute atomic E-state index is 13.7. The number of hydrogen-bond donors (Lipinski definition) is 1. The van der Waals surface area contributed by atoms with E-state index in [0.717, 1.165) is 15.7 Å². The predicted molar refractivity (Wildman–Crippen MR) is 74.1 cm³/mol. The van der Waals surface area contributed by atoms with Gasteiger partial charge in [-0.1, -0.05) is 15.9 Å². The van der Waals surface area contributed by atoms with Crippen molar-refractivity contribution in [2.45, 2.75) is 19.9 Å². The van der Waals surface area contributed by atoms with Crippen LogP contribution in [0.2, 0.25) is 0 Å². The van der Waals surface area contributed by atoms with E-state index >= 15 is 0 Å². The zero-order valence-electron chi connectivity index (χ0n) is 10.5. The summed E-state index contributed by atoms with van der Waals surface area (Å²) in [5.74, 6) is -0.266. The molecule has 0 aliphatic carbocycles. The Morgan fingerprint density at radius 2 is 2.17 bits per heavy atom. The van der Waals surface area contributed by atoms with Crippen LogP contribution in [0, 0.1) is 12.7 Å². The standard InChI is InChI=1S/C13H15BrFN3/c1-8(11-7-18(3)17-9(11)2)16-13-5-4-10(14)6-12(13)15/h4-8,16H,1-3H3. The van der Waals surface area contributed by atoms with Gasteiger partial charge in [0.05, 0.1) is 17.4 Å². The van der Waals surface area contributed by atoms with E-state index in [-0.39, 0.29) is 11.9 Å². The topological polar surface area (TPSA) is 29.9 Å². The van der Waals surface area contributed by atoms with E-state index in [0.29, 0.717) is 5.69 Å². The van der Waals surface area contributed by atoms with Gasteiger partial charge in [0.15, 0.2) is 0 Å². The summed E-state index contributed by atoms with van der Waals surface area (Å²) in [5.41, 5.74) is 2.52. The maximum atomic E-state index is 13.7. The van der Waals surface area contributed by atoms with Gasteiger partial charge in [0.25, 0.3) is 0 Å². The number of benzene rings is 1. The summed E-state index contributed by atoms with van der Waals surface area (Å²) in [5, 5.41) is 7.44. The van der Waals surface area contributed by atoms with Gasteiger partial charge in [-0.15, -0.1) is 0 Å². The van der Waals surface area contributed by atoms with Gasteiger partial charge in [-0.25, -0.2) is 4.39 Å². The molecule has 1 unspecified atom stereocenters. The minimum Gasteiger partial charge on any atom is -0.376 e. The smallest absolute Gasteiger partial charge is 0.147 e. The Morgan fingerprint density at radius 1 is 1.44 bits per heavy atom. The van der Waals surface area contributed by atoms with E-state index in [9.17, 15) is 4.39 Å². The zero-order valence-corrected chi connectivity index (χ0v) is 12.1. The van der Waals surface area contributed by atoms with E-state index in [4.69, 9.17) is 0 Å². The van der Waals surface area contributed by atoms with Gasteiger partial charge in [-0.3, -0.25) is 4.68 Å². The second-order valence-electron chi connectivity index (χ2n) is 4.33. The summed E-state index contributed by atoms with van der Waals surface area (Å²) < 4.78 is 16.2. The fourth-order valence-electron chi connectivity index (χ4n) is 1.96. The normalized spacial score (nSPS) is 12.5. The molecule has 96 valence electrons. The van der Waals surface area contributed by atoms with Crippen molar-refractivity contribution in [2.24, 2.45) is 7.05 Å². The van der Waals surface area contributed by atoms with Crippen molar-refractivity contribution < 1.29 is 4.39 Å². The van der Waals surface area contributed by atoms with Gasteiger partial charge in [0.2, 0.25) is 0 Å². The number of rotatable bonds is 3. The highest BCUT2D eigenvalue weighted by atomic mass is 79.9. The summed E-state index contributed by atoms with van der Waals surface area (Å²) >= 11 is 3.24. The Morgan fingerprint density at radius 3 is 2.72 bits per heavy atom.